The van der Waals surface area contributed by atoms with Gasteiger partial charge in [-0.05, 0) is 25.8 Å². The van der Waals surface area contributed by atoms with Crippen LogP contribution in [0.4, 0.5) is 0 Å². The van der Waals surface area contributed by atoms with Crippen LogP contribution < -0.4 is 5.32 Å². The highest BCUT2D eigenvalue weighted by Gasteiger charge is 1.99. The van der Waals surface area contributed by atoms with E-state index >= 15 is 0 Å². The van der Waals surface area contributed by atoms with Gasteiger partial charge in [-0.25, -0.2) is 0 Å². The first-order valence-corrected chi connectivity index (χ1v) is 4.40. The zero-order valence-corrected chi connectivity index (χ0v) is 7.78. The monoisotopic (exact) mass is 143 g/mol. The van der Waals surface area contributed by atoms with Crippen molar-refractivity contribution in [3.05, 3.63) is 0 Å². The summed E-state index contributed by atoms with van der Waals surface area (Å²) in [5.74, 6) is 0.777. The van der Waals surface area contributed by atoms with Crippen LogP contribution in [-0.2, 0) is 0 Å². The summed E-state index contributed by atoms with van der Waals surface area (Å²) < 4.78 is 0. The van der Waals surface area contributed by atoms with E-state index in [1.54, 1.807) is 0 Å². The third-order valence-corrected chi connectivity index (χ3v) is 1.60. The van der Waals surface area contributed by atoms with Gasteiger partial charge >= 0.3 is 0 Å². The van der Waals surface area contributed by atoms with Crippen LogP contribution in [0.5, 0.6) is 0 Å². The van der Waals surface area contributed by atoms with E-state index in [4.69, 9.17) is 0 Å². The summed E-state index contributed by atoms with van der Waals surface area (Å²) in [6, 6.07) is 0.701. The van der Waals surface area contributed by atoms with Crippen LogP contribution in [0.2, 0.25) is 0 Å². The molecule has 10 heavy (non-hydrogen) atoms. The first kappa shape index (κ1) is 9.96. The number of rotatable bonds is 5. The maximum Gasteiger partial charge on any atom is 0.00387 e. The molecule has 0 rings (SSSR count). The van der Waals surface area contributed by atoms with E-state index in [0.29, 0.717) is 6.04 Å². The SMILES string of the molecule is CCC[C@H](C)NCC(C)C. The highest BCUT2D eigenvalue weighted by molar-refractivity contribution is 4.60. The fraction of sp³-hybridized carbons (Fsp3) is 1.00. The molecule has 0 aromatic carbocycles. The predicted octanol–water partition coefficient (Wildman–Crippen LogP) is 2.42. The summed E-state index contributed by atoms with van der Waals surface area (Å²) in [5.41, 5.74) is 0. The lowest BCUT2D eigenvalue weighted by atomic mass is 10.1. The van der Waals surface area contributed by atoms with E-state index < -0.39 is 0 Å². The number of hydrogen-bond acceptors (Lipinski definition) is 1. The van der Waals surface area contributed by atoms with Crippen molar-refractivity contribution in [2.75, 3.05) is 6.54 Å². The van der Waals surface area contributed by atoms with E-state index in [9.17, 15) is 0 Å². The molecule has 0 aromatic heterocycles. The maximum atomic E-state index is 3.48. The van der Waals surface area contributed by atoms with Crippen molar-refractivity contribution < 1.29 is 0 Å². The van der Waals surface area contributed by atoms with Crippen molar-refractivity contribution in [1.82, 2.24) is 5.32 Å². The molecule has 1 nitrogen and oxygen atoms in total. The average molecular weight is 143 g/mol. The van der Waals surface area contributed by atoms with Gasteiger partial charge in [0, 0.05) is 6.04 Å². The summed E-state index contributed by atoms with van der Waals surface area (Å²) in [6.45, 7) is 10.1. The maximum absolute atomic E-state index is 3.48. The molecule has 1 heteroatoms. The highest BCUT2D eigenvalue weighted by Crippen LogP contribution is 1.96. The second kappa shape index (κ2) is 5.72. The molecule has 0 unspecified atom stereocenters. The molecule has 0 aliphatic heterocycles. The van der Waals surface area contributed by atoms with Gasteiger partial charge in [-0.3, -0.25) is 0 Å². The molecule has 0 aliphatic rings. The Morgan fingerprint density at radius 3 is 2.20 bits per heavy atom. The second-order valence-corrected chi connectivity index (χ2v) is 3.49. The molecule has 0 aromatic rings. The van der Waals surface area contributed by atoms with E-state index in [-0.39, 0.29) is 0 Å². The molecule has 1 atom stereocenters. The molecular weight excluding hydrogens is 122 g/mol. The van der Waals surface area contributed by atoms with Gasteiger partial charge in [-0.2, -0.15) is 0 Å². The number of hydrogen-bond donors (Lipinski definition) is 1. The van der Waals surface area contributed by atoms with Crippen LogP contribution in [0, 0.1) is 5.92 Å². The lowest BCUT2D eigenvalue weighted by molar-refractivity contribution is 0.461. The Kier molecular flexibility index (Phi) is 5.70. The van der Waals surface area contributed by atoms with Crippen molar-refractivity contribution in [1.29, 1.82) is 0 Å². The summed E-state index contributed by atoms with van der Waals surface area (Å²) in [4.78, 5) is 0. The van der Waals surface area contributed by atoms with Crippen LogP contribution in [-0.4, -0.2) is 12.6 Å². The Labute approximate surface area is 65.2 Å². The Bertz CT molecular complexity index is 69.1. The minimum atomic E-state index is 0.701. The van der Waals surface area contributed by atoms with Crippen LogP contribution >= 0.6 is 0 Å². The van der Waals surface area contributed by atoms with Gasteiger partial charge in [-0.15, -0.1) is 0 Å². The molecule has 0 aliphatic carbocycles. The van der Waals surface area contributed by atoms with E-state index in [2.05, 4.69) is 33.0 Å². The second-order valence-electron chi connectivity index (χ2n) is 3.49. The van der Waals surface area contributed by atoms with Crippen molar-refractivity contribution in [3.8, 4) is 0 Å². The zero-order chi connectivity index (χ0) is 7.98. The molecule has 0 saturated heterocycles. The number of nitrogens with one attached hydrogen (secondary N) is 1. The van der Waals surface area contributed by atoms with Gasteiger partial charge in [0.2, 0.25) is 0 Å². The quantitative estimate of drug-likeness (QED) is 0.623. The van der Waals surface area contributed by atoms with Gasteiger partial charge in [0.1, 0.15) is 0 Å². The molecule has 62 valence electrons. The minimum absolute atomic E-state index is 0.701. The third-order valence-electron chi connectivity index (χ3n) is 1.60. The summed E-state index contributed by atoms with van der Waals surface area (Å²) >= 11 is 0. The lowest BCUT2D eigenvalue weighted by Gasteiger charge is -2.13. The normalized spacial score (nSPS) is 14.1. The van der Waals surface area contributed by atoms with Crippen molar-refractivity contribution >= 4 is 0 Å². The van der Waals surface area contributed by atoms with Crippen molar-refractivity contribution in [3.63, 3.8) is 0 Å². The fourth-order valence-electron chi connectivity index (χ4n) is 0.972. The molecule has 0 bridgehead atoms. The van der Waals surface area contributed by atoms with Gasteiger partial charge < -0.3 is 5.32 Å². The van der Waals surface area contributed by atoms with E-state index in [1.165, 1.54) is 12.8 Å². The summed E-state index contributed by atoms with van der Waals surface area (Å²) in [5, 5.41) is 3.48. The van der Waals surface area contributed by atoms with Crippen LogP contribution in [0.25, 0.3) is 0 Å². The summed E-state index contributed by atoms with van der Waals surface area (Å²) in [6.07, 6.45) is 2.58. The van der Waals surface area contributed by atoms with E-state index in [1.807, 2.05) is 0 Å². The first-order chi connectivity index (χ1) is 4.66. The smallest absolute Gasteiger partial charge is 0.00387 e. The third kappa shape index (κ3) is 6.09. The molecule has 0 heterocycles. The van der Waals surface area contributed by atoms with Gasteiger partial charge in [0.05, 0.1) is 0 Å². The minimum Gasteiger partial charge on any atom is -0.314 e. The largest absolute Gasteiger partial charge is 0.314 e. The van der Waals surface area contributed by atoms with E-state index in [0.717, 1.165) is 12.5 Å². The highest BCUT2D eigenvalue weighted by atomic mass is 14.9. The molecule has 0 amide bonds. The van der Waals surface area contributed by atoms with Crippen LogP contribution in [0.1, 0.15) is 40.5 Å². The van der Waals surface area contributed by atoms with Gasteiger partial charge in [-0.1, -0.05) is 27.2 Å². The molecular formula is C9H21N. The molecule has 0 spiro atoms. The predicted molar refractivity (Wildman–Crippen MR) is 47.2 cm³/mol. The average Bonchev–Trinajstić information content (AvgIpc) is 1.85. The fourth-order valence-corrected chi connectivity index (χ4v) is 0.972. The molecule has 0 radical (unpaired) electrons. The Morgan fingerprint density at radius 1 is 1.20 bits per heavy atom. The Balaban J connectivity index is 3.12. The van der Waals surface area contributed by atoms with Gasteiger partial charge in [0.15, 0.2) is 0 Å². The van der Waals surface area contributed by atoms with Crippen molar-refractivity contribution in [2.45, 2.75) is 46.6 Å². The molecule has 0 saturated carbocycles. The Hall–Kier alpha value is -0.0400. The summed E-state index contributed by atoms with van der Waals surface area (Å²) in [7, 11) is 0. The van der Waals surface area contributed by atoms with Crippen LogP contribution in [0.15, 0.2) is 0 Å². The zero-order valence-electron chi connectivity index (χ0n) is 7.78. The first-order valence-electron chi connectivity index (χ1n) is 4.40. The molecule has 0 fully saturated rings. The van der Waals surface area contributed by atoms with Crippen molar-refractivity contribution in [2.24, 2.45) is 5.92 Å². The topological polar surface area (TPSA) is 12.0 Å². The van der Waals surface area contributed by atoms with Crippen LogP contribution in [0.3, 0.4) is 0 Å². The Morgan fingerprint density at radius 2 is 1.80 bits per heavy atom. The molecule has 1 N–H and O–H groups in total. The van der Waals surface area contributed by atoms with Gasteiger partial charge in [0.25, 0.3) is 0 Å². The standard InChI is InChI=1S/C9H21N/c1-5-6-9(4)10-7-8(2)3/h8-10H,5-7H2,1-4H3/t9-/m0/s1. The lowest BCUT2D eigenvalue weighted by Crippen LogP contribution is -2.29.